The van der Waals surface area contributed by atoms with Crippen LogP contribution in [0.1, 0.15) is 54.1 Å². The normalized spacial score (nSPS) is 22.3. The first kappa shape index (κ1) is 20.3. The van der Waals surface area contributed by atoms with Gasteiger partial charge in [0.25, 0.3) is 5.91 Å². The van der Waals surface area contributed by atoms with Crippen LogP contribution in [0.25, 0.3) is 11.0 Å². The van der Waals surface area contributed by atoms with Crippen LogP contribution < -0.4 is 0 Å². The zero-order valence-electron chi connectivity index (χ0n) is 18.6. The zero-order chi connectivity index (χ0) is 21.4. The second kappa shape index (κ2) is 8.46. The molecule has 1 aromatic heterocycles. The number of imidazole rings is 1. The monoisotopic (exact) mass is 416 g/mol. The van der Waals surface area contributed by atoms with Crippen molar-refractivity contribution in [1.29, 1.82) is 0 Å². The number of hydrogen-bond donors (Lipinski definition) is 0. The molecule has 0 bridgehead atoms. The van der Waals surface area contributed by atoms with E-state index in [0.29, 0.717) is 12.1 Å². The van der Waals surface area contributed by atoms with Gasteiger partial charge in [0.05, 0.1) is 17.4 Å². The quantitative estimate of drug-likeness (QED) is 0.630. The number of hydrogen-bond acceptors (Lipinski definition) is 3. The molecule has 0 radical (unpaired) electrons. The Kier molecular flexibility index (Phi) is 5.53. The first-order chi connectivity index (χ1) is 15.1. The van der Waals surface area contributed by atoms with Crippen molar-refractivity contribution < 1.29 is 4.79 Å². The van der Waals surface area contributed by atoms with Crippen molar-refractivity contribution in [3.05, 3.63) is 65.5 Å². The molecule has 2 unspecified atom stereocenters. The SMILES string of the molecule is Cc1ccc2c(c1)ncn2Cc1ccc(C(=O)N2CCC(N3CCCCC3C)C2)cc1. The van der Waals surface area contributed by atoms with Gasteiger partial charge in [-0.2, -0.15) is 0 Å². The molecule has 31 heavy (non-hydrogen) atoms. The van der Waals surface area contributed by atoms with Crippen molar-refractivity contribution >= 4 is 16.9 Å². The molecule has 3 heterocycles. The number of carbonyl (C=O) groups excluding carboxylic acids is 1. The van der Waals surface area contributed by atoms with Crippen LogP contribution in [0.2, 0.25) is 0 Å². The number of aromatic nitrogens is 2. The third kappa shape index (κ3) is 4.11. The molecule has 0 aliphatic carbocycles. The van der Waals surface area contributed by atoms with E-state index in [4.69, 9.17) is 0 Å². The lowest BCUT2D eigenvalue weighted by Crippen LogP contribution is -2.46. The first-order valence-electron chi connectivity index (χ1n) is 11.6. The highest BCUT2D eigenvalue weighted by atomic mass is 16.2. The van der Waals surface area contributed by atoms with E-state index in [9.17, 15) is 4.79 Å². The van der Waals surface area contributed by atoms with E-state index in [1.54, 1.807) is 0 Å². The van der Waals surface area contributed by atoms with Crippen LogP contribution in [0.15, 0.2) is 48.8 Å². The summed E-state index contributed by atoms with van der Waals surface area (Å²) in [6.07, 6.45) is 6.92. The van der Waals surface area contributed by atoms with Gasteiger partial charge in [-0.05, 0) is 75.0 Å². The van der Waals surface area contributed by atoms with Crippen molar-refractivity contribution in [1.82, 2.24) is 19.4 Å². The minimum absolute atomic E-state index is 0.169. The van der Waals surface area contributed by atoms with Crippen molar-refractivity contribution in [3.8, 4) is 0 Å². The number of aryl methyl sites for hydroxylation is 1. The summed E-state index contributed by atoms with van der Waals surface area (Å²) in [5.74, 6) is 0.169. The second-order valence-corrected chi connectivity index (χ2v) is 9.34. The van der Waals surface area contributed by atoms with Crippen LogP contribution in [-0.2, 0) is 6.54 Å². The summed E-state index contributed by atoms with van der Waals surface area (Å²) in [4.78, 5) is 22.3. The van der Waals surface area contributed by atoms with Gasteiger partial charge in [-0.25, -0.2) is 4.98 Å². The molecule has 3 aromatic rings. The smallest absolute Gasteiger partial charge is 0.253 e. The molecule has 2 aliphatic heterocycles. The Morgan fingerprint density at radius 3 is 2.71 bits per heavy atom. The van der Waals surface area contributed by atoms with Gasteiger partial charge in [0.15, 0.2) is 0 Å². The minimum atomic E-state index is 0.169. The number of benzene rings is 2. The predicted octanol–water partition coefficient (Wildman–Crippen LogP) is 4.48. The highest BCUT2D eigenvalue weighted by Gasteiger charge is 2.33. The maximum atomic E-state index is 13.1. The van der Waals surface area contributed by atoms with E-state index in [-0.39, 0.29) is 5.91 Å². The molecule has 5 heteroatoms. The summed E-state index contributed by atoms with van der Waals surface area (Å²) in [5.41, 5.74) is 5.36. The Bertz CT molecular complexity index is 1070. The molecule has 5 nitrogen and oxygen atoms in total. The van der Waals surface area contributed by atoms with Crippen molar-refractivity contribution in [3.63, 3.8) is 0 Å². The molecule has 2 saturated heterocycles. The summed E-state index contributed by atoms with van der Waals surface area (Å²) in [6.45, 7) is 8.11. The molecule has 2 fully saturated rings. The van der Waals surface area contributed by atoms with Crippen molar-refractivity contribution in [2.24, 2.45) is 0 Å². The molecule has 1 amide bonds. The maximum absolute atomic E-state index is 13.1. The van der Waals surface area contributed by atoms with Crippen LogP contribution in [0, 0.1) is 6.92 Å². The molecular formula is C26H32N4O. The van der Waals surface area contributed by atoms with Crippen LogP contribution in [0.5, 0.6) is 0 Å². The fourth-order valence-corrected chi connectivity index (χ4v) is 5.29. The molecule has 162 valence electrons. The van der Waals surface area contributed by atoms with Crippen LogP contribution in [0.3, 0.4) is 0 Å². The average molecular weight is 417 g/mol. The lowest BCUT2D eigenvalue weighted by atomic mass is 10.0. The van der Waals surface area contributed by atoms with E-state index in [1.807, 2.05) is 23.4 Å². The van der Waals surface area contributed by atoms with Gasteiger partial charge in [-0.1, -0.05) is 24.6 Å². The Morgan fingerprint density at radius 2 is 1.90 bits per heavy atom. The molecule has 2 atom stereocenters. The first-order valence-corrected chi connectivity index (χ1v) is 11.6. The van der Waals surface area contributed by atoms with E-state index in [2.05, 4.69) is 58.6 Å². The highest BCUT2D eigenvalue weighted by Crippen LogP contribution is 2.25. The van der Waals surface area contributed by atoms with Crippen molar-refractivity contribution in [2.75, 3.05) is 19.6 Å². The van der Waals surface area contributed by atoms with E-state index in [0.717, 1.165) is 42.7 Å². The van der Waals surface area contributed by atoms with Gasteiger partial charge >= 0.3 is 0 Å². The topological polar surface area (TPSA) is 41.4 Å². The number of likely N-dealkylation sites (tertiary alicyclic amines) is 2. The largest absolute Gasteiger partial charge is 0.337 e. The third-order valence-electron chi connectivity index (χ3n) is 7.10. The number of fused-ring (bicyclic) bond motifs is 1. The van der Waals surface area contributed by atoms with Gasteiger partial charge in [-0.15, -0.1) is 0 Å². The fourth-order valence-electron chi connectivity index (χ4n) is 5.29. The lowest BCUT2D eigenvalue weighted by Gasteiger charge is -2.37. The number of nitrogens with zero attached hydrogens (tertiary/aromatic N) is 4. The Hall–Kier alpha value is -2.66. The fraction of sp³-hybridized carbons (Fsp3) is 0.462. The Labute approximate surface area is 184 Å². The van der Waals surface area contributed by atoms with E-state index in [1.165, 1.54) is 36.9 Å². The zero-order valence-corrected chi connectivity index (χ0v) is 18.6. The Morgan fingerprint density at radius 1 is 1.06 bits per heavy atom. The summed E-state index contributed by atoms with van der Waals surface area (Å²) in [6, 6.07) is 15.7. The molecule has 0 N–H and O–H groups in total. The number of carbonyl (C=O) groups is 1. The lowest BCUT2D eigenvalue weighted by molar-refractivity contribution is 0.0742. The maximum Gasteiger partial charge on any atom is 0.253 e. The van der Waals surface area contributed by atoms with Crippen LogP contribution in [-0.4, -0.2) is 57.0 Å². The van der Waals surface area contributed by atoms with Gasteiger partial charge < -0.3 is 9.47 Å². The van der Waals surface area contributed by atoms with Gasteiger partial charge in [0, 0.05) is 37.3 Å². The molecule has 2 aliphatic rings. The predicted molar refractivity (Wildman–Crippen MR) is 124 cm³/mol. The standard InChI is InChI=1S/C26H32N4O/c1-19-6-11-25-24(15-19)27-18-29(25)16-21-7-9-22(10-8-21)26(31)28-14-12-23(17-28)30-13-4-3-5-20(30)2/h6-11,15,18,20,23H,3-5,12-14,16-17H2,1-2H3. The minimum Gasteiger partial charge on any atom is -0.337 e. The number of amides is 1. The summed E-state index contributed by atoms with van der Waals surface area (Å²) in [5, 5.41) is 0. The molecule has 5 rings (SSSR count). The third-order valence-corrected chi connectivity index (χ3v) is 7.10. The Balaban J connectivity index is 1.24. The van der Waals surface area contributed by atoms with Gasteiger partial charge in [-0.3, -0.25) is 9.69 Å². The average Bonchev–Trinajstić information content (AvgIpc) is 3.42. The number of rotatable bonds is 4. The summed E-state index contributed by atoms with van der Waals surface area (Å²) < 4.78 is 2.16. The van der Waals surface area contributed by atoms with Gasteiger partial charge in [0.1, 0.15) is 0 Å². The summed E-state index contributed by atoms with van der Waals surface area (Å²) >= 11 is 0. The molecule has 0 spiro atoms. The van der Waals surface area contributed by atoms with Crippen molar-refractivity contribution in [2.45, 2.75) is 58.2 Å². The van der Waals surface area contributed by atoms with E-state index >= 15 is 0 Å². The highest BCUT2D eigenvalue weighted by molar-refractivity contribution is 5.94. The van der Waals surface area contributed by atoms with Crippen LogP contribution >= 0.6 is 0 Å². The van der Waals surface area contributed by atoms with E-state index < -0.39 is 0 Å². The van der Waals surface area contributed by atoms with Gasteiger partial charge in [0.2, 0.25) is 0 Å². The second-order valence-electron chi connectivity index (χ2n) is 9.34. The molecule has 0 saturated carbocycles. The summed E-state index contributed by atoms with van der Waals surface area (Å²) in [7, 11) is 0. The molecule has 2 aromatic carbocycles. The number of piperidine rings is 1. The molecular weight excluding hydrogens is 384 g/mol. The van der Waals surface area contributed by atoms with Crippen LogP contribution in [0.4, 0.5) is 0 Å².